The number of hydrogen-bond acceptors (Lipinski definition) is 5. The lowest BCUT2D eigenvalue weighted by atomic mass is 9.74. The summed E-state index contributed by atoms with van der Waals surface area (Å²) in [6.07, 6.45) is 0. The molecule has 0 atom stereocenters. The van der Waals surface area contributed by atoms with Gasteiger partial charge < -0.3 is 24.5 Å². The van der Waals surface area contributed by atoms with Crippen molar-refractivity contribution in [2.24, 2.45) is 0 Å². The molecule has 1 spiro atoms. The quantitative estimate of drug-likeness (QED) is 0.662. The van der Waals surface area contributed by atoms with Crippen LogP contribution in [0.5, 0.6) is 11.5 Å². The third kappa shape index (κ3) is 2.88. The van der Waals surface area contributed by atoms with Gasteiger partial charge in [-0.15, -0.1) is 0 Å². The maximum atomic E-state index is 13.6. The van der Waals surface area contributed by atoms with Crippen LogP contribution in [0.25, 0.3) is 0 Å². The number of aliphatic carboxylic acids is 1. The molecule has 7 heteroatoms. The Morgan fingerprint density at radius 1 is 0.879 bits per heavy atom. The highest BCUT2D eigenvalue weighted by Gasteiger charge is 2.56. The molecule has 168 valence electrons. The second-order valence-corrected chi connectivity index (χ2v) is 8.79. The second kappa shape index (κ2) is 7.27. The molecule has 2 aliphatic rings. The molecule has 0 saturated carbocycles. The molecule has 0 saturated heterocycles. The highest BCUT2D eigenvalue weighted by molar-refractivity contribution is 6.03. The number of carbonyl (C=O) groups is 2. The summed E-state index contributed by atoms with van der Waals surface area (Å²) in [5, 5.41) is 9.78. The molecule has 2 heterocycles. The van der Waals surface area contributed by atoms with Crippen LogP contribution in [0.15, 0.2) is 60.7 Å². The first-order valence-corrected chi connectivity index (χ1v) is 10.7. The van der Waals surface area contributed by atoms with Gasteiger partial charge in [-0.05, 0) is 23.8 Å². The Labute approximate surface area is 192 Å². The van der Waals surface area contributed by atoms with Crippen LogP contribution < -0.4 is 14.5 Å². The van der Waals surface area contributed by atoms with E-state index in [1.807, 2.05) is 86.5 Å². The van der Waals surface area contributed by atoms with Crippen molar-refractivity contribution in [1.29, 1.82) is 0 Å². The van der Waals surface area contributed by atoms with Crippen LogP contribution in [0.3, 0.4) is 0 Å². The second-order valence-electron chi connectivity index (χ2n) is 8.79. The van der Waals surface area contributed by atoms with E-state index < -0.39 is 18.1 Å². The van der Waals surface area contributed by atoms with Crippen molar-refractivity contribution in [1.82, 2.24) is 4.90 Å². The van der Waals surface area contributed by atoms with Crippen molar-refractivity contribution < 1.29 is 19.4 Å². The average Bonchev–Trinajstić information content (AvgIpc) is 3.02. The first-order chi connectivity index (χ1) is 15.7. The molecule has 7 nitrogen and oxygen atoms in total. The van der Waals surface area contributed by atoms with Gasteiger partial charge in [-0.25, -0.2) is 0 Å². The van der Waals surface area contributed by atoms with Crippen LogP contribution >= 0.6 is 0 Å². The normalized spacial score (nSPS) is 14.9. The fourth-order valence-corrected chi connectivity index (χ4v) is 4.94. The zero-order chi connectivity index (χ0) is 23.5. The predicted molar refractivity (Wildman–Crippen MR) is 127 cm³/mol. The van der Waals surface area contributed by atoms with Gasteiger partial charge in [-0.2, -0.15) is 0 Å². The minimum Gasteiger partial charge on any atom is -0.480 e. The summed E-state index contributed by atoms with van der Waals surface area (Å²) in [4.78, 5) is 30.9. The first kappa shape index (κ1) is 20.9. The van der Waals surface area contributed by atoms with Crippen molar-refractivity contribution in [2.75, 3.05) is 44.5 Å². The van der Waals surface area contributed by atoms with Gasteiger partial charge in [-0.1, -0.05) is 30.3 Å². The zero-order valence-electron chi connectivity index (χ0n) is 19.0. The summed E-state index contributed by atoms with van der Waals surface area (Å²) in [6, 6.07) is 19.1. The van der Waals surface area contributed by atoms with Crippen molar-refractivity contribution in [3.8, 4) is 11.5 Å². The predicted octanol–water partition coefficient (Wildman–Crippen LogP) is 3.76. The van der Waals surface area contributed by atoms with Crippen molar-refractivity contribution in [3.63, 3.8) is 0 Å². The lowest BCUT2D eigenvalue weighted by molar-refractivity contribution is -0.138. The van der Waals surface area contributed by atoms with Gasteiger partial charge in [0.25, 0.3) is 5.91 Å². The van der Waals surface area contributed by atoms with Crippen LogP contribution in [0.1, 0.15) is 27.0 Å². The average molecular weight is 444 g/mol. The molecule has 33 heavy (non-hydrogen) atoms. The smallest absolute Gasteiger partial charge is 0.323 e. The minimum absolute atomic E-state index is 0.305. The van der Waals surface area contributed by atoms with Gasteiger partial charge in [0, 0.05) is 68.4 Å². The Morgan fingerprint density at radius 3 is 1.94 bits per heavy atom. The number of amides is 1. The van der Waals surface area contributed by atoms with Crippen LogP contribution in [-0.4, -0.2) is 56.6 Å². The standard InChI is InChI=1S/C26H25N3O4/c1-27(2)16-9-11-20-22(13-16)33-23-14-17(28(3)4)10-12-21(23)26(20)19-8-6-5-7-18(19)25(32)29(26)15-24(30)31/h5-14H,15H2,1-4H3,(H,30,31). The molecule has 2 aliphatic heterocycles. The Kier molecular flexibility index (Phi) is 4.60. The van der Waals surface area contributed by atoms with Gasteiger partial charge in [0.15, 0.2) is 0 Å². The van der Waals surface area contributed by atoms with Crippen LogP contribution in [-0.2, 0) is 10.3 Å². The Bertz CT molecular complexity index is 1240. The highest BCUT2D eigenvalue weighted by atomic mass is 16.5. The molecule has 3 aromatic carbocycles. The number of benzene rings is 3. The monoisotopic (exact) mass is 443 g/mol. The van der Waals surface area contributed by atoms with E-state index in [0.717, 1.165) is 28.1 Å². The summed E-state index contributed by atoms with van der Waals surface area (Å²) < 4.78 is 6.41. The van der Waals surface area contributed by atoms with Crippen molar-refractivity contribution >= 4 is 23.3 Å². The number of carbonyl (C=O) groups excluding carboxylic acids is 1. The van der Waals surface area contributed by atoms with Crippen molar-refractivity contribution in [3.05, 3.63) is 82.9 Å². The summed E-state index contributed by atoms with van der Waals surface area (Å²) in [5.41, 5.74) is 3.54. The molecule has 0 radical (unpaired) electrons. The van der Waals surface area contributed by atoms with Gasteiger partial charge in [-0.3, -0.25) is 9.59 Å². The fourth-order valence-electron chi connectivity index (χ4n) is 4.94. The Balaban J connectivity index is 1.89. The number of nitrogens with zero attached hydrogens (tertiary/aromatic N) is 3. The van der Waals surface area contributed by atoms with Gasteiger partial charge >= 0.3 is 5.97 Å². The van der Waals surface area contributed by atoms with E-state index in [1.54, 1.807) is 12.1 Å². The van der Waals surface area contributed by atoms with Crippen LogP contribution in [0.4, 0.5) is 11.4 Å². The number of hydrogen-bond donors (Lipinski definition) is 1. The molecule has 3 aromatic rings. The number of carboxylic acids is 1. The van der Waals surface area contributed by atoms with E-state index in [4.69, 9.17) is 4.74 Å². The van der Waals surface area contributed by atoms with E-state index in [1.165, 1.54) is 4.90 Å². The lowest BCUT2D eigenvalue weighted by Gasteiger charge is -2.44. The van der Waals surface area contributed by atoms with Crippen molar-refractivity contribution in [2.45, 2.75) is 5.54 Å². The topological polar surface area (TPSA) is 73.3 Å². The third-order valence-electron chi connectivity index (χ3n) is 6.45. The summed E-state index contributed by atoms with van der Waals surface area (Å²) in [7, 11) is 7.79. The van der Waals surface area contributed by atoms with E-state index in [9.17, 15) is 14.7 Å². The van der Waals surface area contributed by atoms with E-state index in [-0.39, 0.29) is 5.91 Å². The van der Waals surface area contributed by atoms with Gasteiger partial charge in [0.05, 0.1) is 0 Å². The fraction of sp³-hybridized carbons (Fsp3) is 0.231. The molecule has 0 aliphatic carbocycles. The number of rotatable bonds is 4. The number of ether oxygens (including phenoxy) is 1. The molecule has 0 unspecified atom stereocenters. The first-order valence-electron chi connectivity index (χ1n) is 10.7. The molecular weight excluding hydrogens is 418 g/mol. The lowest BCUT2D eigenvalue weighted by Crippen LogP contribution is -2.49. The van der Waals surface area contributed by atoms with Crippen LogP contribution in [0.2, 0.25) is 0 Å². The maximum Gasteiger partial charge on any atom is 0.323 e. The molecule has 0 fully saturated rings. The Morgan fingerprint density at radius 2 is 1.42 bits per heavy atom. The SMILES string of the molecule is CN(C)c1ccc2c(c1)Oc1cc(N(C)C)ccc1C21c2ccccc2C(=O)N1CC(=O)O. The molecule has 5 rings (SSSR count). The molecule has 0 aromatic heterocycles. The molecular formula is C26H25N3O4. The summed E-state index contributed by atoms with van der Waals surface area (Å²) >= 11 is 0. The number of fused-ring (bicyclic) bond motifs is 6. The van der Waals surface area contributed by atoms with E-state index in [2.05, 4.69) is 0 Å². The van der Waals surface area contributed by atoms with Gasteiger partial charge in [0.1, 0.15) is 23.6 Å². The van der Waals surface area contributed by atoms with Crippen LogP contribution in [0, 0.1) is 0 Å². The summed E-state index contributed by atoms with van der Waals surface area (Å²) in [6.45, 7) is -0.433. The van der Waals surface area contributed by atoms with E-state index in [0.29, 0.717) is 17.1 Å². The largest absolute Gasteiger partial charge is 0.480 e. The molecule has 0 bridgehead atoms. The third-order valence-corrected chi connectivity index (χ3v) is 6.45. The molecule has 1 amide bonds. The summed E-state index contributed by atoms with van der Waals surface area (Å²) in [5.74, 6) is -0.172. The molecule has 1 N–H and O–H groups in total. The van der Waals surface area contributed by atoms with E-state index >= 15 is 0 Å². The van der Waals surface area contributed by atoms with Gasteiger partial charge in [0.2, 0.25) is 0 Å². The number of carboxylic acid groups (broad SMARTS) is 1. The minimum atomic E-state index is -1.11. The highest BCUT2D eigenvalue weighted by Crippen LogP contribution is 2.58. The maximum absolute atomic E-state index is 13.6. The number of anilines is 2. The zero-order valence-corrected chi connectivity index (χ0v) is 19.0. The Hall–Kier alpha value is -4.00.